The Balaban J connectivity index is 1.04. The number of thioether (sulfide) groups is 1. The summed E-state index contributed by atoms with van der Waals surface area (Å²) in [6.07, 6.45) is 19.9. The predicted octanol–water partition coefficient (Wildman–Crippen LogP) is 12.1. The van der Waals surface area contributed by atoms with Gasteiger partial charge in [0.15, 0.2) is 0 Å². The lowest BCUT2D eigenvalue weighted by Crippen LogP contribution is -2.31. The second-order valence-electron chi connectivity index (χ2n) is 13.5. The molecule has 0 amide bonds. The van der Waals surface area contributed by atoms with E-state index >= 15 is 0 Å². The molecule has 0 bridgehead atoms. The second kappa shape index (κ2) is 11.0. The predicted molar refractivity (Wildman–Crippen MR) is 215 cm³/mol. The Morgan fingerprint density at radius 2 is 1.36 bits per heavy atom. The summed E-state index contributed by atoms with van der Waals surface area (Å²) in [5, 5.41) is 11.9. The van der Waals surface area contributed by atoms with Crippen LogP contribution in [0.1, 0.15) is 17.0 Å². The molecule has 3 unspecified atom stereocenters. The van der Waals surface area contributed by atoms with Crippen LogP contribution in [0.2, 0.25) is 0 Å². The Labute approximate surface area is 298 Å². The van der Waals surface area contributed by atoms with Gasteiger partial charge in [0.1, 0.15) is 6.17 Å². The van der Waals surface area contributed by atoms with Crippen molar-refractivity contribution in [3.63, 3.8) is 0 Å². The zero-order valence-electron chi connectivity index (χ0n) is 27.0. The van der Waals surface area contributed by atoms with Crippen molar-refractivity contribution in [1.82, 2.24) is 10.2 Å². The van der Waals surface area contributed by atoms with Gasteiger partial charge in [0, 0.05) is 65.7 Å². The summed E-state index contributed by atoms with van der Waals surface area (Å²) in [5.41, 5.74) is 7.17. The number of hydrogen-bond donors (Lipinski definition) is 1. The summed E-state index contributed by atoms with van der Waals surface area (Å²) >= 11 is 3.87. The third-order valence-corrected chi connectivity index (χ3v) is 13.0. The lowest BCUT2D eigenvalue weighted by molar-refractivity contribution is 0.427. The molecule has 7 aromatic rings. The van der Waals surface area contributed by atoms with Gasteiger partial charge in [-0.3, -0.25) is 0 Å². The number of hydrogen-bond acceptors (Lipinski definition) is 5. The van der Waals surface area contributed by atoms with E-state index in [1.54, 1.807) is 0 Å². The van der Waals surface area contributed by atoms with Crippen LogP contribution in [0, 0.1) is 0 Å². The third-order valence-electron chi connectivity index (χ3n) is 10.5. The lowest BCUT2D eigenvalue weighted by Gasteiger charge is -2.26. The zero-order valence-corrected chi connectivity index (χ0v) is 28.7. The van der Waals surface area contributed by atoms with Gasteiger partial charge in [0.2, 0.25) is 0 Å². The van der Waals surface area contributed by atoms with Crippen molar-refractivity contribution in [3.05, 3.63) is 175 Å². The van der Waals surface area contributed by atoms with Gasteiger partial charge in [0.25, 0.3) is 0 Å². The fourth-order valence-corrected chi connectivity index (χ4v) is 10.5. The Bertz CT molecular complexity index is 2690. The van der Waals surface area contributed by atoms with Gasteiger partial charge in [-0.2, -0.15) is 0 Å². The average Bonchev–Trinajstić information content (AvgIpc) is 3.86. The first kappa shape index (κ1) is 28.4. The molecule has 0 saturated carbocycles. The number of anilines is 3. The quantitative estimate of drug-likeness (QED) is 0.200. The Hall–Kier alpha value is -5.49. The van der Waals surface area contributed by atoms with E-state index in [0.29, 0.717) is 11.2 Å². The van der Waals surface area contributed by atoms with Crippen LogP contribution >= 0.6 is 23.1 Å². The molecule has 0 spiro atoms. The molecule has 1 aromatic heterocycles. The van der Waals surface area contributed by atoms with E-state index in [9.17, 15) is 0 Å². The highest BCUT2D eigenvalue weighted by Crippen LogP contribution is 2.50. The molecule has 1 aliphatic carbocycles. The number of nitrogens with zero attached hydrogens (tertiary/aromatic N) is 2. The number of fused-ring (bicyclic) bond motifs is 9. The van der Waals surface area contributed by atoms with Gasteiger partial charge >= 0.3 is 0 Å². The summed E-state index contributed by atoms with van der Waals surface area (Å²) in [4.78, 5) is 6.03. The molecule has 238 valence electrons. The van der Waals surface area contributed by atoms with Gasteiger partial charge in [-0.05, 0) is 112 Å². The molecule has 3 aliphatic heterocycles. The molecule has 5 heteroatoms. The summed E-state index contributed by atoms with van der Waals surface area (Å²) in [6, 6.07) is 41.2. The van der Waals surface area contributed by atoms with Gasteiger partial charge in [-0.1, -0.05) is 72.8 Å². The number of benzene rings is 6. The van der Waals surface area contributed by atoms with E-state index < -0.39 is 0 Å². The summed E-state index contributed by atoms with van der Waals surface area (Å²) in [7, 11) is 0. The Morgan fingerprint density at radius 3 is 2.22 bits per heavy atom. The molecule has 0 radical (unpaired) electrons. The molecule has 50 heavy (non-hydrogen) atoms. The minimum atomic E-state index is 0.170. The van der Waals surface area contributed by atoms with E-state index in [1.165, 1.54) is 57.7 Å². The number of nitrogens with one attached hydrogen (secondary N) is 1. The number of thiophene rings is 1. The molecular weight excluding hydrogens is 647 g/mol. The first-order valence-corrected chi connectivity index (χ1v) is 18.9. The van der Waals surface area contributed by atoms with E-state index in [2.05, 4.69) is 179 Å². The van der Waals surface area contributed by atoms with Crippen LogP contribution in [-0.4, -0.2) is 16.3 Å². The standard InChI is InChI=1S/C45H31N3S2/c1-3-9-41-36(7-1)38-23-31-21-34(18-14-29(31)25-43(38)49-41)48(33-16-12-28(13-17-33)40-27-47-20-6-5-11-45(47)46-40)35-19-15-30-26-44-39(24-32(30)22-35)37-8-2-4-10-42(37)50-44/h1-27,36,41,45-46H. The van der Waals surface area contributed by atoms with E-state index in [1.807, 2.05) is 23.1 Å². The van der Waals surface area contributed by atoms with Crippen LogP contribution in [0.4, 0.5) is 17.1 Å². The van der Waals surface area contributed by atoms with Crippen molar-refractivity contribution in [3.8, 4) is 0 Å². The first-order chi connectivity index (χ1) is 24.7. The topological polar surface area (TPSA) is 18.5 Å². The maximum atomic E-state index is 3.65. The Morgan fingerprint density at radius 1 is 0.600 bits per heavy atom. The number of allylic oxidation sites excluding steroid dienone is 5. The summed E-state index contributed by atoms with van der Waals surface area (Å²) in [6.45, 7) is 0. The highest BCUT2D eigenvalue weighted by Gasteiger charge is 2.31. The second-order valence-corrected chi connectivity index (χ2v) is 15.8. The molecule has 3 nitrogen and oxygen atoms in total. The van der Waals surface area contributed by atoms with Crippen molar-refractivity contribution in [2.45, 2.75) is 22.2 Å². The highest BCUT2D eigenvalue weighted by atomic mass is 32.2. The van der Waals surface area contributed by atoms with Crippen molar-refractivity contribution in [2.24, 2.45) is 0 Å². The molecule has 4 heterocycles. The minimum Gasteiger partial charge on any atom is -0.360 e. The largest absolute Gasteiger partial charge is 0.360 e. The van der Waals surface area contributed by atoms with Crippen LogP contribution < -0.4 is 10.2 Å². The fraction of sp³-hybridized carbons (Fsp3) is 0.0667. The van der Waals surface area contributed by atoms with Gasteiger partial charge < -0.3 is 15.1 Å². The van der Waals surface area contributed by atoms with Crippen LogP contribution in [0.5, 0.6) is 0 Å². The fourth-order valence-electron chi connectivity index (χ4n) is 8.00. The van der Waals surface area contributed by atoms with Crippen LogP contribution in [0.15, 0.2) is 169 Å². The maximum Gasteiger partial charge on any atom is 0.122 e. The number of rotatable bonds is 4. The van der Waals surface area contributed by atoms with Crippen LogP contribution in [0.3, 0.4) is 0 Å². The molecule has 3 atom stereocenters. The zero-order chi connectivity index (χ0) is 32.8. The molecule has 6 aromatic carbocycles. The highest BCUT2D eigenvalue weighted by molar-refractivity contribution is 8.00. The maximum absolute atomic E-state index is 3.65. The van der Waals surface area contributed by atoms with Gasteiger partial charge in [0.05, 0.1) is 5.70 Å². The van der Waals surface area contributed by atoms with Crippen molar-refractivity contribution < 1.29 is 0 Å². The SMILES string of the molecule is C1=CC2Sc3cc4ccc(N(c5ccc(C6=CN7C=CC=CC7N6)cc5)c5ccc6cc7sc8ccccc8c7cc6c5)cc4cc3C2C=C1. The van der Waals surface area contributed by atoms with Gasteiger partial charge in [-0.25, -0.2) is 0 Å². The van der Waals surface area contributed by atoms with Gasteiger partial charge in [-0.15, -0.1) is 23.1 Å². The van der Waals surface area contributed by atoms with Crippen molar-refractivity contribution >= 4 is 87.6 Å². The smallest absolute Gasteiger partial charge is 0.122 e. The monoisotopic (exact) mass is 677 g/mol. The van der Waals surface area contributed by atoms with Crippen LogP contribution in [0.25, 0.3) is 47.4 Å². The molecule has 0 saturated heterocycles. The normalized spacial score (nSPS) is 20.0. The molecule has 11 rings (SSSR count). The minimum absolute atomic E-state index is 0.170. The van der Waals surface area contributed by atoms with E-state index in [0.717, 1.165) is 22.8 Å². The molecule has 4 aliphatic rings. The molecule has 0 fully saturated rings. The van der Waals surface area contributed by atoms with Crippen molar-refractivity contribution in [1.29, 1.82) is 0 Å². The van der Waals surface area contributed by atoms with Crippen molar-refractivity contribution in [2.75, 3.05) is 4.90 Å². The molecular formula is C45H31N3S2. The lowest BCUT2D eigenvalue weighted by atomic mass is 9.91. The Kier molecular flexibility index (Phi) is 6.24. The third kappa shape index (κ3) is 4.51. The first-order valence-electron chi connectivity index (χ1n) is 17.2. The van der Waals surface area contributed by atoms with E-state index in [4.69, 9.17) is 0 Å². The van der Waals surface area contributed by atoms with Crippen LogP contribution in [-0.2, 0) is 0 Å². The summed E-state index contributed by atoms with van der Waals surface area (Å²) < 4.78 is 2.67. The molecule has 1 N–H and O–H groups in total. The average molecular weight is 678 g/mol. The van der Waals surface area contributed by atoms with E-state index in [-0.39, 0.29) is 6.17 Å². The summed E-state index contributed by atoms with van der Waals surface area (Å²) in [5.74, 6) is 0.437.